The molecular formula is C32H35ClFN7O2. The number of nitrogens with zero attached hydrogens (tertiary/aromatic N) is 7. The van der Waals surface area contributed by atoms with E-state index in [2.05, 4.69) is 16.6 Å². The molecule has 9 nitrogen and oxygen atoms in total. The number of amides is 2. The van der Waals surface area contributed by atoms with Gasteiger partial charge < -0.3 is 9.80 Å². The number of halogens is 2. The molecular weight excluding hydrogens is 569 g/mol. The minimum absolute atomic E-state index is 0.0388. The first-order valence-electron chi connectivity index (χ1n) is 14.0. The van der Waals surface area contributed by atoms with E-state index in [0.29, 0.717) is 37.4 Å². The van der Waals surface area contributed by atoms with Crippen LogP contribution in [0.1, 0.15) is 38.8 Å². The Balaban J connectivity index is 1.94. The summed E-state index contributed by atoms with van der Waals surface area (Å²) in [4.78, 5) is 44.8. The number of hydrogen-bond donors (Lipinski definition) is 0. The standard InChI is InChI=1S/C32H35ClFN7O2/c1-7-27(43)39-12-13-40(21(5)17-39)31(36-6)24-15-25(33)29(23-14-22(16-35)8-9-26(23)34)38-32(24)41(18-42)30-20(4)10-11-37-28(30)19(2)3/h7-11,14-15,18-19,21,28,30H,1,12-13,17H2,2-6H3. The number of hydrogen-bond acceptors (Lipinski definition) is 6. The van der Waals surface area contributed by atoms with Gasteiger partial charge in [0, 0.05) is 44.5 Å². The number of rotatable bonds is 7. The van der Waals surface area contributed by atoms with Crippen LogP contribution < -0.4 is 4.90 Å². The van der Waals surface area contributed by atoms with Gasteiger partial charge in [-0.05, 0) is 61.8 Å². The number of carbonyl (C=O) groups is 2. The molecule has 224 valence electrons. The zero-order valence-corrected chi connectivity index (χ0v) is 25.7. The number of anilines is 1. The first kappa shape index (κ1) is 31.6. The molecule has 11 heteroatoms. The van der Waals surface area contributed by atoms with Gasteiger partial charge in [0.1, 0.15) is 17.5 Å². The van der Waals surface area contributed by atoms with Crippen LogP contribution in [0.3, 0.4) is 0 Å². The normalized spacial score (nSPS) is 20.5. The molecule has 0 radical (unpaired) electrons. The zero-order valence-electron chi connectivity index (χ0n) is 25.0. The van der Waals surface area contributed by atoms with E-state index in [9.17, 15) is 14.9 Å². The molecule has 1 aromatic heterocycles. The first-order chi connectivity index (χ1) is 20.6. The molecule has 3 heterocycles. The van der Waals surface area contributed by atoms with Crippen LogP contribution in [0.4, 0.5) is 10.2 Å². The molecule has 0 saturated carbocycles. The minimum atomic E-state index is -0.607. The average molecular weight is 604 g/mol. The van der Waals surface area contributed by atoms with Crippen molar-refractivity contribution in [2.75, 3.05) is 31.6 Å². The summed E-state index contributed by atoms with van der Waals surface area (Å²) >= 11 is 6.81. The molecule has 0 spiro atoms. The predicted molar refractivity (Wildman–Crippen MR) is 168 cm³/mol. The monoisotopic (exact) mass is 603 g/mol. The van der Waals surface area contributed by atoms with Gasteiger partial charge in [-0.15, -0.1) is 0 Å². The van der Waals surface area contributed by atoms with Crippen molar-refractivity contribution in [3.8, 4) is 17.3 Å². The van der Waals surface area contributed by atoms with Crippen LogP contribution in [0.25, 0.3) is 11.3 Å². The minimum Gasteiger partial charge on any atom is -0.350 e. The van der Waals surface area contributed by atoms with E-state index in [-0.39, 0.29) is 51.6 Å². The van der Waals surface area contributed by atoms with E-state index in [1.807, 2.05) is 44.7 Å². The van der Waals surface area contributed by atoms with Crippen LogP contribution in [-0.2, 0) is 9.59 Å². The van der Waals surface area contributed by atoms with E-state index in [1.54, 1.807) is 24.2 Å². The van der Waals surface area contributed by atoms with E-state index < -0.39 is 11.9 Å². The summed E-state index contributed by atoms with van der Waals surface area (Å²) in [6.07, 6.45) is 5.61. The van der Waals surface area contributed by atoms with Gasteiger partial charge in [0.15, 0.2) is 0 Å². The van der Waals surface area contributed by atoms with E-state index in [0.717, 1.165) is 5.57 Å². The third kappa shape index (κ3) is 6.22. The Morgan fingerprint density at radius 3 is 2.67 bits per heavy atom. The van der Waals surface area contributed by atoms with Crippen LogP contribution in [-0.4, -0.2) is 84.0 Å². The van der Waals surface area contributed by atoms with Gasteiger partial charge in [0.25, 0.3) is 0 Å². The van der Waals surface area contributed by atoms with Crippen LogP contribution in [0.2, 0.25) is 5.02 Å². The number of aromatic nitrogens is 1. The lowest BCUT2D eigenvalue weighted by atomic mass is 9.89. The molecule has 1 aromatic carbocycles. The Morgan fingerprint density at radius 1 is 1.33 bits per heavy atom. The summed E-state index contributed by atoms with van der Waals surface area (Å²) in [6, 6.07) is 6.74. The summed E-state index contributed by atoms with van der Waals surface area (Å²) in [5.74, 6) is 0.0829. The lowest BCUT2D eigenvalue weighted by molar-refractivity contribution is -0.128. The summed E-state index contributed by atoms with van der Waals surface area (Å²) in [6.45, 7) is 12.9. The fraction of sp³-hybridized carbons (Fsp3) is 0.375. The third-order valence-corrected chi connectivity index (χ3v) is 8.16. The largest absolute Gasteiger partial charge is 0.350 e. The molecule has 0 bridgehead atoms. The Kier molecular flexibility index (Phi) is 9.77. The number of piperazine rings is 1. The van der Waals surface area contributed by atoms with Crippen LogP contribution >= 0.6 is 11.6 Å². The molecule has 0 aliphatic carbocycles. The van der Waals surface area contributed by atoms with Crippen molar-refractivity contribution < 1.29 is 14.0 Å². The highest BCUT2D eigenvalue weighted by Crippen LogP contribution is 2.37. The number of carbonyl (C=O) groups excluding carboxylic acids is 2. The third-order valence-electron chi connectivity index (χ3n) is 7.87. The van der Waals surface area contributed by atoms with E-state index in [1.165, 1.54) is 29.2 Å². The molecule has 3 atom stereocenters. The molecule has 43 heavy (non-hydrogen) atoms. The van der Waals surface area contributed by atoms with E-state index in [4.69, 9.17) is 16.6 Å². The highest BCUT2D eigenvalue weighted by molar-refractivity contribution is 6.33. The van der Waals surface area contributed by atoms with Gasteiger partial charge in [0.05, 0.1) is 40.0 Å². The second-order valence-corrected chi connectivity index (χ2v) is 11.4. The molecule has 2 aliphatic heterocycles. The highest BCUT2D eigenvalue weighted by Gasteiger charge is 2.37. The van der Waals surface area contributed by atoms with Crippen molar-refractivity contribution in [2.45, 2.75) is 45.8 Å². The highest BCUT2D eigenvalue weighted by atomic mass is 35.5. The van der Waals surface area contributed by atoms with Crippen molar-refractivity contribution >= 4 is 41.8 Å². The van der Waals surface area contributed by atoms with Crippen molar-refractivity contribution in [3.05, 3.63) is 70.5 Å². The molecule has 4 rings (SSSR count). The van der Waals surface area contributed by atoms with Crippen molar-refractivity contribution in [1.82, 2.24) is 14.8 Å². The van der Waals surface area contributed by atoms with Gasteiger partial charge in [0.2, 0.25) is 12.3 Å². The maximum Gasteiger partial charge on any atom is 0.246 e. The lowest BCUT2D eigenvalue weighted by Gasteiger charge is -2.42. The molecule has 2 aromatic rings. The van der Waals surface area contributed by atoms with Gasteiger partial charge >= 0.3 is 0 Å². The number of aliphatic imine (C=N–C) groups is 2. The quantitative estimate of drug-likeness (QED) is 0.194. The van der Waals surface area contributed by atoms with Gasteiger partial charge in [-0.25, -0.2) is 9.37 Å². The topological polar surface area (TPSA) is 105 Å². The number of pyridine rings is 1. The number of amidine groups is 1. The van der Waals surface area contributed by atoms with Crippen LogP contribution in [0, 0.1) is 23.1 Å². The van der Waals surface area contributed by atoms with Crippen LogP contribution in [0.15, 0.2) is 58.6 Å². The number of dihydropyridines is 1. The predicted octanol–water partition coefficient (Wildman–Crippen LogP) is 4.89. The van der Waals surface area contributed by atoms with Gasteiger partial charge in [-0.1, -0.05) is 32.0 Å². The van der Waals surface area contributed by atoms with E-state index >= 15 is 4.39 Å². The first-order valence-corrected chi connectivity index (χ1v) is 14.4. The Hall–Kier alpha value is -4.36. The van der Waals surface area contributed by atoms with Crippen molar-refractivity contribution in [2.24, 2.45) is 15.9 Å². The zero-order chi connectivity index (χ0) is 31.4. The molecule has 2 aliphatic rings. The second kappa shape index (κ2) is 13.3. The van der Waals surface area contributed by atoms with Gasteiger partial charge in [-0.2, -0.15) is 5.26 Å². The SMILES string of the molecule is C=CC(=O)N1CCN(C(=NC)c2cc(Cl)c(-c3cc(C#N)ccc3F)nc2N(C=O)C2C(C)=CC=NC2C(C)C)C(C)C1. The Labute approximate surface area is 256 Å². The summed E-state index contributed by atoms with van der Waals surface area (Å²) in [5, 5.41) is 9.59. The molecule has 3 unspecified atom stereocenters. The number of allylic oxidation sites excluding steroid dienone is 1. The fourth-order valence-electron chi connectivity index (χ4n) is 5.69. The van der Waals surface area contributed by atoms with Crippen molar-refractivity contribution in [1.29, 1.82) is 5.26 Å². The smallest absolute Gasteiger partial charge is 0.246 e. The molecule has 1 fully saturated rings. The van der Waals surface area contributed by atoms with Crippen molar-refractivity contribution in [3.63, 3.8) is 0 Å². The van der Waals surface area contributed by atoms with Gasteiger partial charge in [-0.3, -0.25) is 24.5 Å². The fourth-order valence-corrected chi connectivity index (χ4v) is 5.94. The Morgan fingerprint density at radius 2 is 2.07 bits per heavy atom. The average Bonchev–Trinajstić information content (AvgIpc) is 3.00. The lowest BCUT2D eigenvalue weighted by Crippen LogP contribution is -2.55. The van der Waals surface area contributed by atoms with Crippen LogP contribution in [0.5, 0.6) is 0 Å². The Bertz CT molecular complexity index is 1560. The molecule has 2 amide bonds. The summed E-state index contributed by atoms with van der Waals surface area (Å²) in [7, 11) is 1.64. The maximum atomic E-state index is 15.2. The summed E-state index contributed by atoms with van der Waals surface area (Å²) in [5.41, 5.74) is 1.75. The second-order valence-electron chi connectivity index (χ2n) is 11.0. The summed E-state index contributed by atoms with van der Waals surface area (Å²) < 4.78 is 15.2. The maximum absolute atomic E-state index is 15.2. The number of benzene rings is 1. The molecule has 0 N–H and O–H groups in total. The number of nitriles is 1. The molecule has 1 saturated heterocycles.